The van der Waals surface area contributed by atoms with Crippen LogP contribution in [0.5, 0.6) is 0 Å². The highest BCUT2D eigenvalue weighted by Gasteiger charge is 2.18. The molecule has 0 atom stereocenters. The second kappa shape index (κ2) is 9.69. The molecule has 0 aliphatic rings. The largest absolute Gasteiger partial charge is 0.309 e. The molecule has 214 valence electrons. The summed E-state index contributed by atoms with van der Waals surface area (Å²) in [4.78, 5) is 0. The number of hydrogen-bond donors (Lipinski definition) is 0. The monoisotopic (exact) mass is 584 g/mol. The molecule has 0 fully saturated rings. The Morgan fingerprint density at radius 2 is 0.826 bits per heavy atom. The lowest BCUT2D eigenvalue weighted by molar-refractivity contribution is 1.18. The summed E-state index contributed by atoms with van der Waals surface area (Å²) >= 11 is 0. The lowest BCUT2D eigenvalue weighted by Crippen LogP contribution is -1.96. The van der Waals surface area contributed by atoms with E-state index in [2.05, 4.69) is 179 Å². The van der Waals surface area contributed by atoms with E-state index in [-0.39, 0.29) is 0 Å². The molecule has 0 saturated heterocycles. The van der Waals surface area contributed by atoms with E-state index < -0.39 is 0 Å². The molecule has 0 unspecified atom stereocenters. The number of pyridine rings is 1. The summed E-state index contributed by atoms with van der Waals surface area (Å²) in [6.07, 6.45) is 0. The Bertz CT molecular complexity index is 2730. The van der Waals surface area contributed by atoms with E-state index in [1.807, 2.05) is 0 Å². The smallest absolute Gasteiger partial charge is 0.0547 e. The van der Waals surface area contributed by atoms with Gasteiger partial charge in [-0.3, -0.25) is 0 Å². The maximum Gasteiger partial charge on any atom is 0.0547 e. The van der Waals surface area contributed by atoms with Gasteiger partial charge < -0.3 is 8.97 Å². The van der Waals surface area contributed by atoms with Gasteiger partial charge in [0.05, 0.1) is 27.6 Å². The quantitative estimate of drug-likeness (QED) is 0.183. The van der Waals surface area contributed by atoms with E-state index in [9.17, 15) is 0 Å². The first kappa shape index (κ1) is 25.2. The molecule has 3 aromatic heterocycles. The second-order valence-corrected chi connectivity index (χ2v) is 12.2. The zero-order valence-corrected chi connectivity index (χ0v) is 25.1. The number of rotatable bonds is 3. The highest BCUT2D eigenvalue weighted by molar-refractivity contribution is 6.22. The van der Waals surface area contributed by atoms with Crippen LogP contribution in [0.2, 0.25) is 0 Å². The van der Waals surface area contributed by atoms with Crippen LogP contribution in [0.4, 0.5) is 0 Å². The lowest BCUT2D eigenvalue weighted by Gasteiger charge is -2.15. The first-order chi connectivity index (χ1) is 22.8. The van der Waals surface area contributed by atoms with Crippen LogP contribution in [-0.2, 0) is 0 Å². The van der Waals surface area contributed by atoms with Crippen molar-refractivity contribution in [2.75, 3.05) is 0 Å². The van der Waals surface area contributed by atoms with Crippen LogP contribution in [0.25, 0.3) is 87.8 Å². The molecular weight excluding hydrogens is 556 g/mol. The zero-order chi connectivity index (χ0) is 30.2. The van der Waals surface area contributed by atoms with Gasteiger partial charge in [0.25, 0.3) is 0 Å². The molecule has 3 heterocycles. The van der Waals surface area contributed by atoms with E-state index in [0.717, 1.165) is 5.69 Å². The van der Waals surface area contributed by atoms with Gasteiger partial charge in [-0.2, -0.15) is 0 Å². The Hall–Kier alpha value is -6.12. The molecule has 2 nitrogen and oxygen atoms in total. The number of hydrogen-bond acceptors (Lipinski definition) is 0. The van der Waals surface area contributed by atoms with Crippen molar-refractivity contribution in [3.63, 3.8) is 0 Å². The Kier molecular flexibility index (Phi) is 5.31. The molecule has 0 amide bonds. The molecule has 2 heteroatoms. The van der Waals surface area contributed by atoms with Crippen LogP contribution in [0.15, 0.2) is 170 Å². The molecule has 10 rings (SSSR count). The van der Waals surface area contributed by atoms with E-state index in [1.54, 1.807) is 0 Å². The summed E-state index contributed by atoms with van der Waals surface area (Å²) in [5, 5.41) is 7.57. The van der Waals surface area contributed by atoms with Crippen molar-refractivity contribution in [2.45, 2.75) is 0 Å². The van der Waals surface area contributed by atoms with Crippen LogP contribution in [0.3, 0.4) is 0 Å². The van der Waals surface area contributed by atoms with E-state index >= 15 is 0 Å². The summed E-state index contributed by atoms with van der Waals surface area (Å²) < 4.78 is 4.91. The first-order valence-corrected chi connectivity index (χ1v) is 15.9. The SMILES string of the molecule is c1ccc(-c2cc(-c3ccccc3)cc(-n3c4ccccc4c4cc5c(cc43)c3ccccc3n3c4ccccc4cc53)c2)cc1. The normalized spacial score (nSPS) is 11.9. The van der Waals surface area contributed by atoms with E-state index in [4.69, 9.17) is 0 Å². The molecule has 7 aromatic carbocycles. The number of benzene rings is 7. The minimum Gasteiger partial charge on any atom is -0.309 e. The summed E-state index contributed by atoms with van der Waals surface area (Å²) in [5.41, 5.74) is 12.1. The highest BCUT2D eigenvalue weighted by Crippen LogP contribution is 2.41. The molecule has 0 aliphatic carbocycles. The van der Waals surface area contributed by atoms with Gasteiger partial charge in [-0.1, -0.05) is 115 Å². The van der Waals surface area contributed by atoms with Gasteiger partial charge in [-0.05, 0) is 82.2 Å². The number of nitrogens with zero attached hydrogens (tertiary/aromatic N) is 2. The Balaban J connectivity index is 1.36. The van der Waals surface area contributed by atoms with Gasteiger partial charge in [0.1, 0.15) is 0 Å². The van der Waals surface area contributed by atoms with Crippen molar-refractivity contribution in [1.29, 1.82) is 0 Å². The van der Waals surface area contributed by atoms with E-state index in [1.165, 1.54) is 82.2 Å². The van der Waals surface area contributed by atoms with Crippen LogP contribution in [0, 0.1) is 0 Å². The van der Waals surface area contributed by atoms with Crippen molar-refractivity contribution in [1.82, 2.24) is 8.97 Å². The molecular formula is C44H28N2. The van der Waals surface area contributed by atoms with Crippen LogP contribution in [-0.4, -0.2) is 8.97 Å². The average Bonchev–Trinajstić information content (AvgIpc) is 3.68. The average molecular weight is 585 g/mol. The third kappa shape index (κ3) is 3.65. The first-order valence-electron chi connectivity index (χ1n) is 15.9. The Morgan fingerprint density at radius 3 is 1.52 bits per heavy atom. The van der Waals surface area contributed by atoms with Crippen molar-refractivity contribution in [3.05, 3.63) is 170 Å². The summed E-state index contributed by atoms with van der Waals surface area (Å²) in [6, 6.07) is 62.1. The molecule has 0 radical (unpaired) electrons. The van der Waals surface area contributed by atoms with Crippen LogP contribution >= 0.6 is 0 Å². The molecule has 0 spiro atoms. The standard InChI is InChI=1S/C44H28N2/c1-3-13-29(14-4-1)32-23-33(30-15-5-2-6-16-30)25-34(24-32)45-41-21-11-9-19-36(41)38-27-39-37(28-44(38)45)35-18-8-12-22-42(35)46-40-20-10-7-17-31(40)26-43(39)46/h1-28H. The third-order valence-corrected chi connectivity index (χ3v) is 9.62. The van der Waals surface area contributed by atoms with Gasteiger partial charge in [-0.25, -0.2) is 0 Å². The predicted octanol–water partition coefficient (Wildman–Crippen LogP) is 11.8. The fraction of sp³-hybridized carbons (Fsp3) is 0. The summed E-state index contributed by atoms with van der Waals surface area (Å²) in [6.45, 7) is 0. The predicted molar refractivity (Wildman–Crippen MR) is 195 cm³/mol. The zero-order valence-electron chi connectivity index (χ0n) is 25.1. The van der Waals surface area contributed by atoms with Crippen molar-refractivity contribution < 1.29 is 0 Å². The molecule has 46 heavy (non-hydrogen) atoms. The number of para-hydroxylation sites is 3. The fourth-order valence-electron chi connectivity index (χ4n) is 7.57. The fourth-order valence-corrected chi connectivity index (χ4v) is 7.57. The molecule has 0 saturated carbocycles. The molecule has 10 aromatic rings. The summed E-state index contributed by atoms with van der Waals surface area (Å²) in [5.74, 6) is 0. The number of aromatic nitrogens is 2. The molecule has 0 aliphatic heterocycles. The highest BCUT2D eigenvalue weighted by atomic mass is 15.0. The van der Waals surface area contributed by atoms with Crippen LogP contribution < -0.4 is 0 Å². The van der Waals surface area contributed by atoms with Gasteiger partial charge in [0.15, 0.2) is 0 Å². The maximum absolute atomic E-state index is 2.47. The number of fused-ring (bicyclic) bond motifs is 11. The molecule has 0 bridgehead atoms. The minimum atomic E-state index is 1.16. The van der Waals surface area contributed by atoms with Gasteiger partial charge >= 0.3 is 0 Å². The minimum absolute atomic E-state index is 1.16. The lowest BCUT2D eigenvalue weighted by atomic mass is 9.98. The maximum atomic E-state index is 2.47. The van der Waals surface area contributed by atoms with Crippen molar-refractivity contribution in [2.24, 2.45) is 0 Å². The Morgan fingerprint density at radius 1 is 0.283 bits per heavy atom. The van der Waals surface area contributed by atoms with E-state index in [0.29, 0.717) is 0 Å². The second-order valence-electron chi connectivity index (χ2n) is 12.2. The summed E-state index contributed by atoms with van der Waals surface area (Å²) in [7, 11) is 0. The molecule has 0 N–H and O–H groups in total. The Labute approximate surface area is 266 Å². The van der Waals surface area contributed by atoms with Crippen LogP contribution in [0.1, 0.15) is 0 Å². The third-order valence-electron chi connectivity index (χ3n) is 9.62. The topological polar surface area (TPSA) is 9.34 Å². The van der Waals surface area contributed by atoms with Gasteiger partial charge in [0, 0.05) is 32.6 Å². The van der Waals surface area contributed by atoms with Gasteiger partial charge in [-0.15, -0.1) is 0 Å². The van der Waals surface area contributed by atoms with Crippen molar-refractivity contribution in [3.8, 4) is 27.9 Å². The van der Waals surface area contributed by atoms with Crippen molar-refractivity contribution >= 4 is 59.9 Å². The van der Waals surface area contributed by atoms with Gasteiger partial charge in [0.2, 0.25) is 0 Å².